The summed E-state index contributed by atoms with van der Waals surface area (Å²) in [6.07, 6.45) is -3.87. The third-order valence-corrected chi connectivity index (χ3v) is 3.98. The van der Waals surface area contributed by atoms with Crippen molar-refractivity contribution in [2.24, 2.45) is 0 Å². The lowest BCUT2D eigenvalue weighted by molar-refractivity contribution is -0.144. The fraction of sp³-hybridized carbons (Fsp3) is 0.462. The highest BCUT2D eigenvalue weighted by molar-refractivity contribution is 5.87. The number of carbonyl (C=O) groups is 1. The first-order valence-electron chi connectivity index (χ1n) is 5.92. The Labute approximate surface area is 107 Å². The second kappa shape index (κ2) is 3.72. The molecular weight excluding hydrogens is 259 g/mol. The summed E-state index contributed by atoms with van der Waals surface area (Å²) in [4.78, 5) is 11.7. The van der Waals surface area contributed by atoms with E-state index in [0.29, 0.717) is 12.0 Å². The van der Waals surface area contributed by atoms with E-state index in [4.69, 9.17) is 4.74 Å². The molecule has 3 nitrogen and oxygen atoms in total. The van der Waals surface area contributed by atoms with E-state index in [1.807, 2.05) is 0 Å². The lowest BCUT2D eigenvalue weighted by Gasteiger charge is -2.26. The van der Waals surface area contributed by atoms with Gasteiger partial charge in [0.25, 0.3) is 0 Å². The second-order valence-electron chi connectivity index (χ2n) is 4.94. The van der Waals surface area contributed by atoms with Crippen LogP contribution >= 0.6 is 0 Å². The number of halogens is 3. The highest BCUT2D eigenvalue weighted by Crippen LogP contribution is 2.56. The molecule has 2 atom stereocenters. The summed E-state index contributed by atoms with van der Waals surface area (Å²) < 4.78 is 43.5. The summed E-state index contributed by atoms with van der Waals surface area (Å²) >= 11 is 0. The molecule has 102 valence electrons. The third-order valence-electron chi connectivity index (χ3n) is 3.98. The van der Waals surface area contributed by atoms with Crippen molar-refractivity contribution in [1.29, 1.82) is 0 Å². The van der Waals surface area contributed by atoms with Crippen LogP contribution in [-0.2, 0) is 22.3 Å². The molecule has 1 aromatic rings. The number of methoxy groups -OCH3 is 1. The van der Waals surface area contributed by atoms with Crippen LogP contribution in [0.15, 0.2) is 18.2 Å². The molecule has 0 radical (unpaired) electrons. The van der Waals surface area contributed by atoms with Crippen molar-refractivity contribution in [1.82, 2.24) is 5.32 Å². The zero-order valence-electron chi connectivity index (χ0n) is 10.2. The van der Waals surface area contributed by atoms with Gasteiger partial charge in [-0.2, -0.15) is 13.2 Å². The van der Waals surface area contributed by atoms with E-state index < -0.39 is 23.2 Å². The number of rotatable bonds is 1. The second-order valence-corrected chi connectivity index (χ2v) is 4.94. The first kappa shape index (κ1) is 12.5. The lowest BCUT2D eigenvalue weighted by atomic mass is 9.92. The van der Waals surface area contributed by atoms with Gasteiger partial charge in [0.05, 0.1) is 12.7 Å². The van der Waals surface area contributed by atoms with E-state index >= 15 is 0 Å². The van der Waals surface area contributed by atoms with Crippen molar-refractivity contribution < 1.29 is 22.7 Å². The molecule has 0 saturated heterocycles. The Morgan fingerprint density at radius 2 is 2.21 bits per heavy atom. The van der Waals surface area contributed by atoms with E-state index in [-0.39, 0.29) is 18.0 Å². The summed E-state index contributed by atoms with van der Waals surface area (Å²) in [6.45, 7) is 0.0383. The molecule has 1 fully saturated rings. The van der Waals surface area contributed by atoms with Crippen LogP contribution in [0.4, 0.5) is 13.2 Å². The molecule has 1 aliphatic carbocycles. The molecule has 19 heavy (non-hydrogen) atoms. The van der Waals surface area contributed by atoms with Crippen LogP contribution in [-0.4, -0.2) is 18.6 Å². The highest BCUT2D eigenvalue weighted by Gasteiger charge is 2.64. The molecule has 6 heteroatoms. The molecule has 2 aliphatic rings. The van der Waals surface area contributed by atoms with Gasteiger partial charge in [-0.15, -0.1) is 0 Å². The molecule has 3 rings (SSSR count). The number of carbonyl (C=O) groups excluding carboxylic acids is 1. The fourth-order valence-electron chi connectivity index (χ4n) is 2.95. The molecule has 1 aromatic carbocycles. The van der Waals surface area contributed by atoms with E-state index in [2.05, 4.69) is 5.32 Å². The fourth-order valence-corrected chi connectivity index (χ4v) is 2.95. The largest absolute Gasteiger partial charge is 0.468 e. The minimum atomic E-state index is -4.37. The lowest BCUT2D eigenvalue weighted by Crippen LogP contribution is -2.44. The van der Waals surface area contributed by atoms with E-state index in [1.54, 1.807) is 6.07 Å². The number of hydrogen-bond acceptors (Lipinski definition) is 3. The summed E-state index contributed by atoms with van der Waals surface area (Å²) in [5.41, 5.74) is -0.578. The Kier molecular flexibility index (Phi) is 2.44. The molecule has 0 aromatic heterocycles. The van der Waals surface area contributed by atoms with Crippen LogP contribution in [0.3, 0.4) is 0 Å². The van der Waals surface area contributed by atoms with Gasteiger partial charge in [0, 0.05) is 12.5 Å². The van der Waals surface area contributed by atoms with Crippen LogP contribution in [0.25, 0.3) is 0 Å². The molecule has 0 bridgehead atoms. The van der Waals surface area contributed by atoms with Gasteiger partial charge in [-0.1, -0.05) is 12.1 Å². The number of esters is 1. The predicted octanol–water partition coefficient (Wildman–Crippen LogP) is 2.21. The quantitative estimate of drug-likeness (QED) is 0.796. The van der Waals surface area contributed by atoms with Gasteiger partial charge >= 0.3 is 12.1 Å². The average Bonchev–Trinajstić information content (AvgIpc) is 3.12. The van der Waals surface area contributed by atoms with Crippen LogP contribution in [0.1, 0.15) is 29.0 Å². The molecule has 1 heterocycles. The van der Waals surface area contributed by atoms with Gasteiger partial charge < -0.3 is 4.74 Å². The summed E-state index contributed by atoms with van der Waals surface area (Å²) in [5, 5.41) is 2.91. The van der Waals surface area contributed by atoms with Gasteiger partial charge in [-0.05, 0) is 23.6 Å². The zero-order valence-corrected chi connectivity index (χ0v) is 10.2. The number of nitrogens with one attached hydrogen (secondary N) is 1. The van der Waals surface area contributed by atoms with Gasteiger partial charge in [-0.25, -0.2) is 0 Å². The number of benzene rings is 1. The zero-order chi connectivity index (χ0) is 13.8. The van der Waals surface area contributed by atoms with Crippen molar-refractivity contribution in [3.8, 4) is 0 Å². The van der Waals surface area contributed by atoms with Crippen molar-refractivity contribution in [2.45, 2.75) is 30.6 Å². The maximum atomic E-state index is 12.9. The molecular formula is C13H12F3NO2. The Morgan fingerprint density at radius 1 is 1.47 bits per heavy atom. The molecule has 1 N–H and O–H groups in total. The first-order chi connectivity index (χ1) is 8.90. The average molecular weight is 271 g/mol. The Bertz CT molecular complexity index is 555. The van der Waals surface area contributed by atoms with Crippen molar-refractivity contribution >= 4 is 5.97 Å². The van der Waals surface area contributed by atoms with Crippen molar-refractivity contribution in [2.75, 3.05) is 7.11 Å². The molecule has 0 amide bonds. The molecule has 1 aliphatic heterocycles. The van der Waals surface area contributed by atoms with E-state index in [0.717, 1.165) is 6.07 Å². The van der Waals surface area contributed by atoms with Crippen molar-refractivity contribution in [3.05, 3.63) is 34.9 Å². The smallest absolute Gasteiger partial charge is 0.416 e. The van der Waals surface area contributed by atoms with Gasteiger partial charge in [0.1, 0.15) is 5.54 Å². The van der Waals surface area contributed by atoms with Crippen LogP contribution in [0, 0.1) is 0 Å². The molecule has 0 unspecified atom stereocenters. The monoisotopic (exact) mass is 271 g/mol. The topological polar surface area (TPSA) is 38.3 Å². The predicted molar refractivity (Wildman–Crippen MR) is 60.4 cm³/mol. The highest BCUT2D eigenvalue weighted by atomic mass is 19.4. The summed E-state index contributed by atoms with van der Waals surface area (Å²) in [7, 11) is 1.29. The van der Waals surface area contributed by atoms with Gasteiger partial charge in [0.2, 0.25) is 0 Å². The van der Waals surface area contributed by atoms with Gasteiger partial charge in [-0.3, -0.25) is 10.1 Å². The number of ether oxygens (including phenoxy) is 1. The number of fused-ring (bicyclic) bond motifs is 3. The molecule has 1 saturated carbocycles. The summed E-state index contributed by atoms with van der Waals surface area (Å²) in [6, 6.07) is 4.14. The van der Waals surface area contributed by atoms with Crippen LogP contribution in [0.5, 0.6) is 0 Å². The SMILES string of the molecule is COC(=O)[C@]12C[C@@H]1c1cccc(C(F)(F)F)c1CN2. The van der Waals surface area contributed by atoms with E-state index in [1.165, 1.54) is 13.2 Å². The van der Waals surface area contributed by atoms with E-state index in [9.17, 15) is 18.0 Å². The standard InChI is InChI=1S/C13H12F3NO2/c1-19-11(18)12-5-10(12)7-3-2-4-9(13(14,15)16)8(7)6-17-12/h2-4,10,17H,5-6H2,1H3/t10-,12+/m1/s1. The third kappa shape index (κ3) is 1.66. The minimum Gasteiger partial charge on any atom is -0.468 e. The number of hydrogen-bond donors (Lipinski definition) is 1. The Hall–Kier alpha value is -1.56. The molecule has 0 spiro atoms. The van der Waals surface area contributed by atoms with Gasteiger partial charge in [0.15, 0.2) is 0 Å². The van der Waals surface area contributed by atoms with Crippen LogP contribution in [0.2, 0.25) is 0 Å². The maximum Gasteiger partial charge on any atom is 0.416 e. The number of alkyl halides is 3. The minimum absolute atomic E-state index is 0.0383. The van der Waals surface area contributed by atoms with Crippen molar-refractivity contribution in [3.63, 3.8) is 0 Å². The first-order valence-corrected chi connectivity index (χ1v) is 5.92. The summed E-state index contributed by atoms with van der Waals surface area (Å²) in [5.74, 6) is -0.619. The Balaban J connectivity index is 2.03. The Morgan fingerprint density at radius 3 is 2.84 bits per heavy atom. The maximum absolute atomic E-state index is 12.9. The van der Waals surface area contributed by atoms with Crippen LogP contribution < -0.4 is 5.32 Å². The normalized spacial score (nSPS) is 28.3.